The molecule has 1 aliphatic heterocycles. The summed E-state index contributed by atoms with van der Waals surface area (Å²) in [5.74, 6) is 0. The lowest BCUT2D eigenvalue weighted by atomic mass is 9.94. The molecule has 306 valence electrons. The van der Waals surface area contributed by atoms with Gasteiger partial charge < -0.3 is 9.88 Å². The van der Waals surface area contributed by atoms with Gasteiger partial charge in [-0.05, 0) is 82.4 Å². The Kier molecular flexibility index (Phi) is 8.49. The van der Waals surface area contributed by atoms with Crippen molar-refractivity contribution in [1.29, 1.82) is 0 Å². The van der Waals surface area contributed by atoms with E-state index in [-0.39, 0.29) is 0 Å². The molecule has 4 nitrogen and oxygen atoms in total. The second-order valence-corrected chi connectivity index (χ2v) is 18.2. The molecular formula is C60H40N4S. The third-order valence-corrected chi connectivity index (χ3v) is 14.4. The molecule has 9 aromatic carbocycles. The van der Waals surface area contributed by atoms with Gasteiger partial charge in [-0.2, -0.15) is 0 Å². The van der Waals surface area contributed by atoms with Gasteiger partial charge in [0, 0.05) is 54.1 Å². The number of aromatic nitrogens is 2. The Morgan fingerprint density at radius 1 is 0.508 bits per heavy atom. The second-order valence-electron chi connectivity index (χ2n) is 17.1. The Bertz CT molecular complexity index is 3870. The van der Waals surface area contributed by atoms with Crippen LogP contribution in [0.2, 0.25) is 0 Å². The quantitative estimate of drug-likeness (QED) is 0.181. The SMILES string of the molecule is CC1(c2ccccc2)N=C(c2cccc(-n3c4ccccc4c4ccccc43)c2)C=C(c2ccc(-c3ccc4c(c3)nc(-c3cccc5ccccc35)c3sc5ccccc5c34)cc2)N1. The lowest BCUT2D eigenvalue weighted by Crippen LogP contribution is -2.40. The molecule has 0 saturated heterocycles. The summed E-state index contributed by atoms with van der Waals surface area (Å²) in [6.07, 6.45) is 2.20. The van der Waals surface area contributed by atoms with Crippen molar-refractivity contribution in [2.45, 2.75) is 12.6 Å². The number of pyridine rings is 1. The molecule has 1 atom stereocenters. The molecule has 12 aromatic rings. The maximum atomic E-state index is 5.51. The summed E-state index contributed by atoms with van der Waals surface area (Å²) in [5.41, 5.74) is 13.4. The van der Waals surface area contributed by atoms with Crippen molar-refractivity contribution in [3.63, 3.8) is 0 Å². The fraction of sp³-hybridized carbons (Fsp3) is 0.0333. The summed E-state index contributed by atoms with van der Waals surface area (Å²) in [4.78, 5) is 11.0. The Labute approximate surface area is 380 Å². The van der Waals surface area contributed by atoms with Crippen molar-refractivity contribution < 1.29 is 0 Å². The molecule has 0 amide bonds. The molecule has 1 unspecified atom stereocenters. The highest BCUT2D eigenvalue weighted by atomic mass is 32.1. The highest BCUT2D eigenvalue weighted by molar-refractivity contribution is 7.26. The number of rotatable bonds is 6. The number of hydrogen-bond acceptors (Lipinski definition) is 4. The standard InChI is InChI=1S/C60H40N4S/c1-60(43-18-3-2-4-19-43)62-51(37-52(63-60)42-17-13-20-44(35-42)64-54-26-10-7-22-46(54)47-23-8-11-27-55(47)64)40-31-29-38(30-32-40)41-33-34-49-53(36-41)61-58(48-25-14-16-39-15-5-6-21-45(39)48)59-57(49)50-24-9-12-28-56(50)65-59/h2-37,62H,1H3. The van der Waals surface area contributed by atoms with Crippen molar-refractivity contribution >= 4 is 86.4 Å². The molecular weight excluding hydrogens is 809 g/mol. The number of allylic oxidation sites excluding steroid dienone is 1. The van der Waals surface area contributed by atoms with E-state index < -0.39 is 5.66 Å². The van der Waals surface area contributed by atoms with Gasteiger partial charge in [-0.3, -0.25) is 4.99 Å². The van der Waals surface area contributed by atoms with E-state index in [1.807, 2.05) is 11.3 Å². The largest absolute Gasteiger partial charge is 0.357 e. The smallest absolute Gasteiger partial charge is 0.153 e. The normalized spacial score (nSPS) is 15.2. The van der Waals surface area contributed by atoms with E-state index in [0.717, 1.165) is 61.7 Å². The van der Waals surface area contributed by atoms with Crippen molar-refractivity contribution in [3.8, 4) is 28.1 Å². The summed E-state index contributed by atoms with van der Waals surface area (Å²) in [7, 11) is 0. The predicted octanol–water partition coefficient (Wildman–Crippen LogP) is 15.5. The maximum Gasteiger partial charge on any atom is 0.153 e. The molecule has 0 aliphatic carbocycles. The lowest BCUT2D eigenvalue weighted by molar-refractivity contribution is 0.447. The molecule has 1 N–H and O–H groups in total. The number of aliphatic imine (C=N–C) groups is 1. The molecule has 0 saturated carbocycles. The number of para-hydroxylation sites is 2. The fourth-order valence-electron chi connectivity index (χ4n) is 10.1. The summed E-state index contributed by atoms with van der Waals surface area (Å²) in [6, 6.07) is 76.3. The minimum atomic E-state index is -0.703. The topological polar surface area (TPSA) is 42.2 Å². The van der Waals surface area contributed by atoms with Crippen LogP contribution in [0.15, 0.2) is 223 Å². The van der Waals surface area contributed by atoms with E-state index in [1.165, 1.54) is 58.1 Å². The van der Waals surface area contributed by atoms with Crippen LogP contribution in [0.1, 0.15) is 23.6 Å². The molecule has 3 aromatic heterocycles. The Balaban J connectivity index is 0.910. The third kappa shape index (κ3) is 6.11. The predicted molar refractivity (Wildman–Crippen MR) is 275 cm³/mol. The van der Waals surface area contributed by atoms with Gasteiger partial charge in [0.05, 0.1) is 32.7 Å². The molecule has 0 radical (unpaired) electrons. The van der Waals surface area contributed by atoms with Crippen LogP contribution in [0.5, 0.6) is 0 Å². The zero-order valence-corrected chi connectivity index (χ0v) is 36.4. The molecule has 13 rings (SSSR count). The Morgan fingerprint density at radius 2 is 1.15 bits per heavy atom. The number of nitrogens with zero attached hydrogens (tertiary/aromatic N) is 3. The van der Waals surface area contributed by atoms with E-state index in [1.54, 1.807) is 0 Å². The molecule has 1 aliphatic rings. The first-order valence-electron chi connectivity index (χ1n) is 22.1. The van der Waals surface area contributed by atoms with Crippen LogP contribution in [0.4, 0.5) is 0 Å². The van der Waals surface area contributed by atoms with Gasteiger partial charge in [0.1, 0.15) is 0 Å². The van der Waals surface area contributed by atoms with Crippen LogP contribution < -0.4 is 5.32 Å². The first kappa shape index (κ1) is 37.4. The highest BCUT2D eigenvalue weighted by Gasteiger charge is 2.31. The van der Waals surface area contributed by atoms with Crippen LogP contribution in [-0.2, 0) is 5.66 Å². The number of thiophene rings is 1. The monoisotopic (exact) mass is 848 g/mol. The van der Waals surface area contributed by atoms with Crippen molar-refractivity contribution in [1.82, 2.24) is 14.9 Å². The van der Waals surface area contributed by atoms with E-state index in [0.29, 0.717) is 0 Å². The van der Waals surface area contributed by atoms with Gasteiger partial charge in [0.15, 0.2) is 5.66 Å². The molecule has 0 bridgehead atoms. The van der Waals surface area contributed by atoms with Crippen molar-refractivity contribution in [3.05, 3.63) is 235 Å². The van der Waals surface area contributed by atoms with Gasteiger partial charge in [0.2, 0.25) is 0 Å². The average molecular weight is 849 g/mol. The summed E-state index contributed by atoms with van der Waals surface area (Å²) in [6.45, 7) is 2.17. The van der Waals surface area contributed by atoms with Crippen LogP contribution in [0, 0.1) is 0 Å². The molecule has 0 spiro atoms. The van der Waals surface area contributed by atoms with Gasteiger partial charge in [-0.25, -0.2) is 4.98 Å². The van der Waals surface area contributed by atoms with E-state index in [2.05, 4.69) is 235 Å². The van der Waals surface area contributed by atoms with Gasteiger partial charge in [-0.15, -0.1) is 11.3 Å². The van der Waals surface area contributed by atoms with Gasteiger partial charge >= 0.3 is 0 Å². The second kappa shape index (κ2) is 14.7. The zero-order chi connectivity index (χ0) is 43.1. The van der Waals surface area contributed by atoms with E-state index >= 15 is 0 Å². The van der Waals surface area contributed by atoms with Crippen molar-refractivity contribution in [2.24, 2.45) is 4.99 Å². The molecule has 5 heteroatoms. The Morgan fingerprint density at radius 3 is 1.95 bits per heavy atom. The summed E-state index contributed by atoms with van der Waals surface area (Å²) in [5, 5.41) is 12.5. The lowest BCUT2D eigenvalue weighted by Gasteiger charge is -2.34. The first-order valence-corrected chi connectivity index (χ1v) is 23.0. The van der Waals surface area contributed by atoms with Gasteiger partial charge in [0.25, 0.3) is 0 Å². The zero-order valence-electron chi connectivity index (χ0n) is 35.5. The third-order valence-electron chi connectivity index (χ3n) is 13.2. The van der Waals surface area contributed by atoms with Crippen LogP contribution in [0.3, 0.4) is 0 Å². The molecule has 0 fully saturated rings. The first-order chi connectivity index (χ1) is 32.1. The summed E-state index contributed by atoms with van der Waals surface area (Å²) >= 11 is 1.84. The minimum Gasteiger partial charge on any atom is -0.357 e. The fourth-order valence-corrected chi connectivity index (χ4v) is 11.3. The molecule has 4 heterocycles. The number of nitrogens with one attached hydrogen (secondary N) is 1. The van der Waals surface area contributed by atoms with Crippen LogP contribution in [0.25, 0.3) is 97.4 Å². The van der Waals surface area contributed by atoms with E-state index in [9.17, 15) is 0 Å². The van der Waals surface area contributed by atoms with Gasteiger partial charge in [-0.1, -0.05) is 176 Å². The molecule has 65 heavy (non-hydrogen) atoms. The number of fused-ring (bicyclic) bond motifs is 9. The maximum absolute atomic E-state index is 5.51. The van der Waals surface area contributed by atoms with Crippen molar-refractivity contribution in [2.75, 3.05) is 0 Å². The minimum absolute atomic E-state index is 0.703. The number of benzene rings is 9. The number of hydrogen-bond donors (Lipinski definition) is 1. The highest BCUT2D eigenvalue weighted by Crippen LogP contribution is 2.45. The van der Waals surface area contributed by atoms with Crippen LogP contribution in [-0.4, -0.2) is 15.3 Å². The van der Waals surface area contributed by atoms with Crippen LogP contribution >= 0.6 is 11.3 Å². The summed E-state index contributed by atoms with van der Waals surface area (Å²) < 4.78 is 4.87. The van der Waals surface area contributed by atoms with E-state index in [4.69, 9.17) is 9.98 Å². The average Bonchev–Trinajstić information content (AvgIpc) is 3.93. The Hall–Kier alpha value is -8.12.